The van der Waals surface area contributed by atoms with Crippen molar-refractivity contribution < 1.29 is 24.2 Å². The second kappa shape index (κ2) is 6.91. The van der Waals surface area contributed by atoms with Crippen LogP contribution in [0.15, 0.2) is 30.3 Å². The molecule has 5 rings (SSSR count). The van der Waals surface area contributed by atoms with Gasteiger partial charge >= 0.3 is 11.9 Å². The van der Waals surface area contributed by atoms with E-state index < -0.39 is 23.5 Å². The van der Waals surface area contributed by atoms with Gasteiger partial charge in [-0.25, -0.2) is 4.79 Å². The molecule has 0 heterocycles. The lowest BCUT2D eigenvalue weighted by Crippen LogP contribution is -2.66. The fraction of sp³-hybridized carbons (Fsp3) is 0.667. The van der Waals surface area contributed by atoms with E-state index >= 15 is 0 Å². The fourth-order valence-electron chi connectivity index (χ4n) is 8.66. The molecule has 0 amide bonds. The minimum Gasteiger partial charge on any atom is -0.481 e. The Kier molecular flexibility index (Phi) is 4.68. The topological polar surface area (TPSA) is 80.7 Å². The van der Waals surface area contributed by atoms with Gasteiger partial charge in [0.05, 0.1) is 11.0 Å². The summed E-state index contributed by atoms with van der Waals surface area (Å²) < 4.78 is 6.16. The molecule has 1 aromatic carbocycles. The van der Waals surface area contributed by atoms with Crippen molar-refractivity contribution in [1.82, 2.24) is 0 Å². The van der Waals surface area contributed by atoms with Crippen LogP contribution in [0.1, 0.15) is 82.5 Å². The number of hydrogen-bond donors (Lipinski definition) is 1. The summed E-state index contributed by atoms with van der Waals surface area (Å²) in [7, 11) is 0. The predicted molar refractivity (Wildman–Crippen MR) is 119 cm³/mol. The van der Waals surface area contributed by atoms with Crippen LogP contribution in [0.5, 0.6) is 0 Å². The number of aliphatic carboxylic acids is 1. The van der Waals surface area contributed by atoms with Crippen molar-refractivity contribution in [2.75, 3.05) is 0 Å². The molecule has 2 bridgehead atoms. The largest absolute Gasteiger partial charge is 0.481 e. The first-order valence-corrected chi connectivity index (χ1v) is 12.1. The number of carboxylic acids is 1. The average molecular weight is 439 g/mol. The van der Waals surface area contributed by atoms with Gasteiger partial charge in [0.15, 0.2) is 0 Å². The van der Waals surface area contributed by atoms with Crippen molar-refractivity contribution in [2.45, 2.75) is 78.2 Å². The summed E-state index contributed by atoms with van der Waals surface area (Å²) in [5, 5.41) is 10.4. The highest BCUT2D eigenvalue weighted by Gasteiger charge is 2.73. The zero-order valence-corrected chi connectivity index (χ0v) is 19.4. The minimum atomic E-state index is -0.950. The Morgan fingerprint density at radius 2 is 1.75 bits per heavy atom. The standard InChI is InChI=1S/C27H34O5/c1-24-12-13-27(16-24)18(15-20(24)28)14-19(32-22(29)17-8-5-4-6-9-17)21-25(2,23(30)31)10-7-11-26(21,27)3/h4-6,8-9,18-19,21H,7,10-16H2,1-3H3,(H,30,31)/t18-,19+,21-,24+,25-,26-,27-/m0/s1. The third-order valence-electron chi connectivity index (χ3n) is 10.3. The number of ketones is 1. The minimum absolute atomic E-state index is 0.0485. The SMILES string of the molecule is C[C@@]12CC[C@]3(C1)[C@H](CC2=O)C[C@@H](OC(=O)c1ccccc1)[C@@H]1[C@]3(C)CCC[C@]1(C)C(=O)O. The maximum atomic E-state index is 13.1. The van der Waals surface area contributed by atoms with Gasteiger partial charge in [0.25, 0.3) is 0 Å². The second-order valence-corrected chi connectivity index (χ2v) is 11.7. The summed E-state index contributed by atoms with van der Waals surface area (Å²) in [6, 6.07) is 8.92. The number of carbonyl (C=O) groups excluding carboxylic acids is 2. The number of carboxylic acid groups (broad SMARTS) is 1. The molecule has 0 radical (unpaired) electrons. The molecule has 4 saturated carbocycles. The van der Waals surface area contributed by atoms with Crippen molar-refractivity contribution in [3.63, 3.8) is 0 Å². The van der Waals surface area contributed by atoms with Crippen molar-refractivity contribution in [2.24, 2.45) is 33.5 Å². The molecule has 0 unspecified atom stereocenters. The molecule has 1 spiro atoms. The number of esters is 1. The number of carbonyl (C=O) groups is 3. The zero-order chi connectivity index (χ0) is 22.9. The maximum absolute atomic E-state index is 13.1. The zero-order valence-electron chi connectivity index (χ0n) is 19.4. The number of rotatable bonds is 3. The van der Waals surface area contributed by atoms with Gasteiger partial charge in [-0.2, -0.15) is 0 Å². The van der Waals surface area contributed by atoms with Crippen LogP contribution in [0.3, 0.4) is 0 Å². The summed E-state index contributed by atoms with van der Waals surface area (Å²) in [4.78, 5) is 38.8. The molecule has 0 aliphatic heterocycles. The molecular weight excluding hydrogens is 404 g/mol. The van der Waals surface area contributed by atoms with Crippen LogP contribution in [0.4, 0.5) is 0 Å². The molecule has 172 valence electrons. The van der Waals surface area contributed by atoms with Crippen LogP contribution in [0, 0.1) is 33.5 Å². The van der Waals surface area contributed by atoms with Crippen LogP contribution in [-0.4, -0.2) is 28.9 Å². The lowest BCUT2D eigenvalue weighted by atomic mass is 9.37. The Bertz CT molecular complexity index is 972. The Morgan fingerprint density at radius 3 is 2.44 bits per heavy atom. The molecule has 4 aliphatic rings. The number of Topliss-reactive ketones (excluding diaryl/α,β-unsaturated/α-hetero) is 1. The van der Waals surface area contributed by atoms with E-state index in [2.05, 4.69) is 13.8 Å². The quantitative estimate of drug-likeness (QED) is 0.650. The number of benzene rings is 1. The molecular formula is C27H34O5. The molecule has 7 atom stereocenters. The van der Waals surface area contributed by atoms with Gasteiger partial charge in [-0.05, 0) is 74.3 Å². The second-order valence-electron chi connectivity index (χ2n) is 11.7. The van der Waals surface area contributed by atoms with Crippen molar-refractivity contribution in [3.8, 4) is 0 Å². The van der Waals surface area contributed by atoms with Crippen molar-refractivity contribution in [1.29, 1.82) is 0 Å². The molecule has 5 heteroatoms. The summed E-state index contributed by atoms with van der Waals surface area (Å²) in [5.74, 6) is -0.970. The molecule has 32 heavy (non-hydrogen) atoms. The van der Waals surface area contributed by atoms with Gasteiger partial charge in [0, 0.05) is 17.8 Å². The maximum Gasteiger partial charge on any atom is 0.338 e. The van der Waals surface area contributed by atoms with Gasteiger partial charge in [-0.1, -0.05) is 38.5 Å². The Balaban J connectivity index is 1.59. The van der Waals surface area contributed by atoms with E-state index in [-0.39, 0.29) is 28.1 Å². The highest BCUT2D eigenvalue weighted by Crippen LogP contribution is 2.75. The van der Waals surface area contributed by atoms with Gasteiger partial charge < -0.3 is 9.84 Å². The van der Waals surface area contributed by atoms with Gasteiger partial charge in [0.2, 0.25) is 0 Å². The normalized spacial score (nSPS) is 45.0. The van der Waals surface area contributed by atoms with Crippen LogP contribution in [0.2, 0.25) is 0 Å². The average Bonchev–Trinajstić information content (AvgIpc) is 3.08. The van der Waals surface area contributed by atoms with Crippen LogP contribution >= 0.6 is 0 Å². The van der Waals surface area contributed by atoms with Crippen molar-refractivity contribution in [3.05, 3.63) is 35.9 Å². The first-order chi connectivity index (χ1) is 15.1. The van der Waals surface area contributed by atoms with Crippen LogP contribution in [-0.2, 0) is 14.3 Å². The van der Waals surface area contributed by atoms with Gasteiger partial charge in [0.1, 0.15) is 11.9 Å². The Labute approximate surface area is 189 Å². The van der Waals surface area contributed by atoms with Crippen LogP contribution < -0.4 is 0 Å². The highest BCUT2D eigenvalue weighted by atomic mass is 16.5. The van der Waals surface area contributed by atoms with E-state index in [0.29, 0.717) is 30.6 Å². The molecule has 1 N–H and O–H groups in total. The molecule has 0 aromatic heterocycles. The predicted octanol–water partition coefficient (Wildman–Crippen LogP) is 5.28. The van der Waals surface area contributed by atoms with E-state index in [1.54, 1.807) is 24.3 Å². The lowest BCUT2D eigenvalue weighted by Gasteiger charge is -2.67. The molecule has 4 aliphatic carbocycles. The molecule has 5 nitrogen and oxygen atoms in total. The molecule has 4 fully saturated rings. The first-order valence-electron chi connectivity index (χ1n) is 12.1. The lowest BCUT2D eigenvalue weighted by molar-refractivity contribution is -0.224. The molecule has 1 aromatic rings. The monoisotopic (exact) mass is 438 g/mol. The van der Waals surface area contributed by atoms with Gasteiger partial charge in [-0.15, -0.1) is 0 Å². The van der Waals surface area contributed by atoms with E-state index in [1.807, 2.05) is 13.0 Å². The van der Waals surface area contributed by atoms with Crippen molar-refractivity contribution >= 4 is 17.7 Å². The number of fused-ring (bicyclic) bond motifs is 2. The summed E-state index contributed by atoms with van der Waals surface area (Å²) in [6.07, 6.45) is 5.72. The Hall–Kier alpha value is -2.17. The van der Waals surface area contributed by atoms with E-state index in [4.69, 9.17) is 4.74 Å². The smallest absolute Gasteiger partial charge is 0.338 e. The summed E-state index contributed by atoms with van der Waals surface area (Å²) in [6.45, 7) is 6.23. The number of ether oxygens (including phenoxy) is 1. The highest BCUT2D eigenvalue weighted by molar-refractivity contribution is 5.89. The summed E-state index contributed by atoms with van der Waals surface area (Å²) >= 11 is 0. The number of hydrogen-bond acceptors (Lipinski definition) is 4. The van der Waals surface area contributed by atoms with E-state index in [0.717, 1.165) is 32.1 Å². The third kappa shape index (κ3) is 2.72. The van der Waals surface area contributed by atoms with Crippen LogP contribution in [0.25, 0.3) is 0 Å². The molecule has 0 saturated heterocycles. The van der Waals surface area contributed by atoms with E-state index in [1.165, 1.54) is 0 Å². The van der Waals surface area contributed by atoms with Gasteiger partial charge in [-0.3, -0.25) is 9.59 Å². The Morgan fingerprint density at radius 1 is 1.03 bits per heavy atom. The van der Waals surface area contributed by atoms with E-state index in [9.17, 15) is 19.5 Å². The third-order valence-corrected chi connectivity index (χ3v) is 10.3. The summed E-state index contributed by atoms with van der Waals surface area (Å²) in [5.41, 5.74) is -1.08. The first kappa shape index (κ1) is 21.7. The fourth-order valence-corrected chi connectivity index (χ4v) is 8.66.